The number of aryl methyl sites for hydroxylation is 3. The Morgan fingerprint density at radius 3 is 2.25 bits per heavy atom. The van der Waals surface area contributed by atoms with Gasteiger partial charge < -0.3 is 4.74 Å². The number of hydrogen-bond acceptors (Lipinski definition) is 3. The molecule has 0 fully saturated rings. The van der Waals surface area contributed by atoms with Crippen molar-refractivity contribution < 1.29 is 9.53 Å². The number of rotatable bonds is 6. The lowest BCUT2D eigenvalue weighted by atomic mass is 10.0. The number of carbonyl (C=O) groups excluding carboxylic acids is 1. The molecule has 0 aromatic heterocycles. The van der Waals surface area contributed by atoms with Crippen LogP contribution in [0, 0.1) is 20.8 Å². The predicted molar refractivity (Wildman–Crippen MR) is 113 cm³/mol. The largest absolute Gasteiger partial charge is 0.489 e. The molecular weight excluding hydrogens is 348 g/mol. The second kappa shape index (κ2) is 9.00. The zero-order valence-corrected chi connectivity index (χ0v) is 16.4. The summed E-state index contributed by atoms with van der Waals surface area (Å²) in [7, 11) is 0. The number of hydrazone groups is 1. The Morgan fingerprint density at radius 2 is 1.61 bits per heavy atom. The summed E-state index contributed by atoms with van der Waals surface area (Å²) >= 11 is 0. The summed E-state index contributed by atoms with van der Waals surface area (Å²) in [5.74, 6) is 0.461. The van der Waals surface area contributed by atoms with Gasteiger partial charge in [-0.1, -0.05) is 48.0 Å². The van der Waals surface area contributed by atoms with Crippen molar-refractivity contribution in [1.82, 2.24) is 5.43 Å². The van der Waals surface area contributed by atoms with Crippen LogP contribution in [0.15, 0.2) is 71.8 Å². The Balaban J connectivity index is 1.57. The van der Waals surface area contributed by atoms with Crippen LogP contribution in [-0.4, -0.2) is 12.1 Å². The van der Waals surface area contributed by atoms with E-state index in [1.807, 2.05) is 44.2 Å². The number of benzene rings is 3. The lowest BCUT2D eigenvalue weighted by Crippen LogP contribution is -2.17. The standard InChI is InChI=1S/C24H24N2O2/c1-17-13-18(2)23(19(3)14-17)15-25-26-24(27)21-9-11-22(12-10-21)28-16-20-7-5-4-6-8-20/h4-15H,16H2,1-3H3,(H,26,27)/b25-15-. The Hall–Kier alpha value is -3.40. The van der Waals surface area contributed by atoms with E-state index in [-0.39, 0.29) is 5.91 Å². The van der Waals surface area contributed by atoms with Crippen molar-refractivity contribution in [3.63, 3.8) is 0 Å². The van der Waals surface area contributed by atoms with Crippen molar-refractivity contribution in [2.75, 3.05) is 0 Å². The molecule has 0 atom stereocenters. The van der Waals surface area contributed by atoms with Crippen molar-refractivity contribution >= 4 is 12.1 Å². The van der Waals surface area contributed by atoms with E-state index in [1.165, 1.54) is 5.56 Å². The van der Waals surface area contributed by atoms with Gasteiger partial charge in [-0.3, -0.25) is 4.79 Å². The predicted octanol–water partition coefficient (Wildman–Crippen LogP) is 4.95. The highest BCUT2D eigenvalue weighted by Gasteiger charge is 2.05. The maximum atomic E-state index is 12.3. The van der Waals surface area contributed by atoms with Crippen molar-refractivity contribution in [3.8, 4) is 5.75 Å². The van der Waals surface area contributed by atoms with Crippen molar-refractivity contribution in [2.45, 2.75) is 27.4 Å². The van der Waals surface area contributed by atoms with Crippen LogP contribution in [0.2, 0.25) is 0 Å². The average Bonchev–Trinajstić information content (AvgIpc) is 2.69. The zero-order chi connectivity index (χ0) is 19.9. The maximum Gasteiger partial charge on any atom is 0.271 e. The van der Waals surface area contributed by atoms with Crippen molar-refractivity contribution in [3.05, 3.63) is 100 Å². The third kappa shape index (κ3) is 5.07. The van der Waals surface area contributed by atoms with Crippen LogP contribution in [0.4, 0.5) is 0 Å². The molecule has 0 aliphatic rings. The number of amides is 1. The molecule has 0 spiro atoms. The fourth-order valence-electron chi connectivity index (χ4n) is 3.06. The van der Waals surface area contributed by atoms with Gasteiger partial charge in [-0.05, 0) is 61.7 Å². The topological polar surface area (TPSA) is 50.7 Å². The summed E-state index contributed by atoms with van der Waals surface area (Å²) in [6.45, 7) is 6.64. The molecule has 142 valence electrons. The molecule has 1 N–H and O–H groups in total. The minimum atomic E-state index is -0.256. The van der Waals surface area contributed by atoms with Crippen LogP contribution >= 0.6 is 0 Å². The van der Waals surface area contributed by atoms with E-state index in [0.29, 0.717) is 12.2 Å². The quantitative estimate of drug-likeness (QED) is 0.491. The fraction of sp³-hybridized carbons (Fsp3) is 0.167. The van der Waals surface area contributed by atoms with Crippen LogP contribution < -0.4 is 10.2 Å². The monoisotopic (exact) mass is 372 g/mol. The first kappa shape index (κ1) is 19.4. The van der Waals surface area contributed by atoms with Crippen LogP contribution in [0.1, 0.15) is 38.2 Å². The second-order valence-electron chi connectivity index (χ2n) is 6.81. The van der Waals surface area contributed by atoms with Crippen LogP contribution in [0.3, 0.4) is 0 Å². The third-order valence-corrected chi connectivity index (χ3v) is 4.46. The molecule has 0 radical (unpaired) electrons. The lowest BCUT2D eigenvalue weighted by molar-refractivity contribution is 0.0955. The number of ether oxygens (including phenoxy) is 1. The molecule has 0 saturated heterocycles. The highest BCUT2D eigenvalue weighted by Crippen LogP contribution is 2.15. The minimum Gasteiger partial charge on any atom is -0.489 e. The molecule has 0 unspecified atom stereocenters. The number of nitrogens with zero attached hydrogens (tertiary/aromatic N) is 1. The summed E-state index contributed by atoms with van der Waals surface area (Å²) in [5.41, 5.74) is 8.72. The molecule has 0 aliphatic heterocycles. The molecule has 0 aliphatic carbocycles. The van der Waals surface area contributed by atoms with Gasteiger partial charge in [0.1, 0.15) is 12.4 Å². The lowest BCUT2D eigenvalue weighted by Gasteiger charge is -2.08. The molecule has 4 heteroatoms. The van der Waals surface area contributed by atoms with E-state index in [1.54, 1.807) is 30.5 Å². The van der Waals surface area contributed by atoms with Gasteiger partial charge in [-0.2, -0.15) is 5.10 Å². The van der Waals surface area contributed by atoms with Gasteiger partial charge in [0.05, 0.1) is 6.21 Å². The highest BCUT2D eigenvalue weighted by atomic mass is 16.5. The van der Waals surface area contributed by atoms with Gasteiger partial charge in [-0.25, -0.2) is 5.43 Å². The van der Waals surface area contributed by atoms with Gasteiger partial charge in [0.25, 0.3) is 5.91 Å². The first-order valence-corrected chi connectivity index (χ1v) is 9.21. The summed E-state index contributed by atoms with van der Waals surface area (Å²) in [5, 5.41) is 4.11. The van der Waals surface area contributed by atoms with Gasteiger partial charge >= 0.3 is 0 Å². The second-order valence-corrected chi connectivity index (χ2v) is 6.81. The van der Waals surface area contributed by atoms with E-state index in [2.05, 4.69) is 29.6 Å². The summed E-state index contributed by atoms with van der Waals surface area (Å²) in [6.07, 6.45) is 1.69. The Kier molecular flexibility index (Phi) is 6.22. The summed E-state index contributed by atoms with van der Waals surface area (Å²) in [6, 6.07) is 21.2. The molecule has 3 aromatic carbocycles. The molecular formula is C24H24N2O2. The van der Waals surface area contributed by atoms with Gasteiger partial charge in [0, 0.05) is 11.1 Å². The molecule has 0 bridgehead atoms. The number of nitrogens with one attached hydrogen (secondary N) is 1. The molecule has 4 nitrogen and oxygen atoms in total. The van der Waals surface area contributed by atoms with Crippen molar-refractivity contribution in [1.29, 1.82) is 0 Å². The van der Waals surface area contributed by atoms with Gasteiger partial charge in [0.2, 0.25) is 0 Å². The average molecular weight is 372 g/mol. The first-order valence-electron chi connectivity index (χ1n) is 9.21. The summed E-state index contributed by atoms with van der Waals surface area (Å²) < 4.78 is 5.74. The molecule has 3 rings (SSSR count). The van der Waals surface area contributed by atoms with E-state index in [9.17, 15) is 4.79 Å². The molecule has 3 aromatic rings. The third-order valence-electron chi connectivity index (χ3n) is 4.46. The van der Waals surface area contributed by atoms with E-state index in [0.717, 1.165) is 28.0 Å². The zero-order valence-electron chi connectivity index (χ0n) is 16.4. The molecule has 0 heterocycles. The Bertz CT molecular complexity index is 954. The smallest absolute Gasteiger partial charge is 0.271 e. The van der Waals surface area contributed by atoms with E-state index < -0.39 is 0 Å². The molecule has 28 heavy (non-hydrogen) atoms. The normalized spacial score (nSPS) is 10.8. The fourth-order valence-corrected chi connectivity index (χ4v) is 3.06. The number of hydrogen-bond donors (Lipinski definition) is 1. The van der Waals surface area contributed by atoms with Crippen LogP contribution in [-0.2, 0) is 6.61 Å². The minimum absolute atomic E-state index is 0.256. The highest BCUT2D eigenvalue weighted by molar-refractivity contribution is 5.95. The van der Waals surface area contributed by atoms with E-state index >= 15 is 0 Å². The van der Waals surface area contributed by atoms with E-state index in [4.69, 9.17) is 4.74 Å². The van der Waals surface area contributed by atoms with Crippen LogP contribution in [0.5, 0.6) is 5.75 Å². The Morgan fingerprint density at radius 1 is 0.964 bits per heavy atom. The van der Waals surface area contributed by atoms with Gasteiger partial charge in [0.15, 0.2) is 0 Å². The van der Waals surface area contributed by atoms with Crippen LogP contribution in [0.25, 0.3) is 0 Å². The molecule has 1 amide bonds. The first-order chi connectivity index (χ1) is 13.5. The Labute approximate surface area is 165 Å². The molecule has 0 saturated carbocycles. The number of carbonyl (C=O) groups is 1. The SMILES string of the molecule is Cc1cc(C)c(/C=N\NC(=O)c2ccc(OCc3ccccc3)cc2)c(C)c1. The maximum absolute atomic E-state index is 12.3. The van der Waals surface area contributed by atoms with Crippen molar-refractivity contribution in [2.24, 2.45) is 5.10 Å². The summed E-state index contributed by atoms with van der Waals surface area (Å²) in [4.78, 5) is 12.3. The van der Waals surface area contributed by atoms with Gasteiger partial charge in [-0.15, -0.1) is 0 Å².